The SMILES string of the molecule is CCSCC(C)Nc1cc(Br)ccc1C(=O)O. The molecule has 0 amide bonds. The van der Waals surface area contributed by atoms with E-state index in [4.69, 9.17) is 5.11 Å². The lowest BCUT2D eigenvalue weighted by Crippen LogP contribution is -2.20. The second-order valence-electron chi connectivity index (χ2n) is 3.70. The number of hydrogen-bond acceptors (Lipinski definition) is 3. The van der Waals surface area contributed by atoms with Crippen LogP contribution in [0.2, 0.25) is 0 Å². The van der Waals surface area contributed by atoms with Crippen LogP contribution in [0.4, 0.5) is 5.69 Å². The molecular formula is C12H16BrNO2S. The smallest absolute Gasteiger partial charge is 0.337 e. The van der Waals surface area contributed by atoms with Crippen LogP contribution in [-0.4, -0.2) is 28.6 Å². The topological polar surface area (TPSA) is 49.3 Å². The number of halogens is 1. The highest BCUT2D eigenvalue weighted by Gasteiger charge is 2.12. The van der Waals surface area contributed by atoms with Crippen LogP contribution in [-0.2, 0) is 0 Å². The van der Waals surface area contributed by atoms with E-state index in [0.717, 1.165) is 16.0 Å². The minimum Gasteiger partial charge on any atom is -0.478 e. The summed E-state index contributed by atoms with van der Waals surface area (Å²) in [4.78, 5) is 11.1. The van der Waals surface area contributed by atoms with Crippen molar-refractivity contribution >= 4 is 39.3 Å². The standard InChI is InChI=1S/C12H16BrNO2S/c1-3-17-7-8(2)14-11-6-9(13)4-5-10(11)12(15)16/h4-6,8,14H,3,7H2,1-2H3,(H,15,16). The number of nitrogens with one attached hydrogen (secondary N) is 1. The Hall–Kier alpha value is -0.680. The van der Waals surface area contributed by atoms with E-state index in [1.165, 1.54) is 0 Å². The number of carboxylic acids is 1. The maximum atomic E-state index is 11.1. The van der Waals surface area contributed by atoms with E-state index in [9.17, 15) is 4.79 Å². The van der Waals surface area contributed by atoms with Crippen molar-refractivity contribution in [2.75, 3.05) is 16.8 Å². The number of anilines is 1. The third-order valence-electron chi connectivity index (χ3n) is 2.19. The number of rotatable bonds is 6. The maximum Gasteiger partial charge on any atom is 0.337 e. The molecule has 0 saturated heterocycles. The van der Waals surface area contributed by atoms with Gasteiger partial charge in [0.1, 0.15) is 0 Å². The third kappa shape index (κ3) is 4.60. The molecule has 0 spiro atoms. The fourth-order valence-electron chi connectivity index (χ4n) is 1.42. The molecule has 1 rings (SSSR count). The molecule has 3 nitrogen and oxygen atoms in total. The van der Waals surface area contributed by atoms with Crippen LogP contribution in [0.15, 0.2) is 22.7 Å². The van der Waals surface area contributed by atoms with Crippen molar-refractivity contribution in [3.05, 3.63) is 28.2 Å². The van der Waals surface area contributed by atoms with Gasteiger partial charge in [0.25, 0.3) is 0 Å². The molecule has 1 unspecified atom stereocenters. The predicted molar refractivity (Wildman–Crippen MR) is 77.2 cm³/mol. The van der Waals surface area contributed by atoms with Gasteiger partial charge in [-0.15, -0.1) is 0 Å². The highest BCUT2D eigenvalue weighted by atomic mass is 79.9. The zero-order valence-electron chi connectivity index (χ0n) is 9.87. The first-order valence-corrected chi connectivity index (χ1v) is 7.36. The number of hydrogen-bond donors (Lipinski definition) is 2. The van der Waals surface area contributed by atoms with Gasteiger partial charge in [-0.3, -0.25) is 0 Å². The molecular weight excluding hydrogens is 302 g/mol. The Morgan fingerprint density at radius 1 is 1.59 bits per heavy atom. The highest BCUT2D eigenvalue weighted by Crippen LogP contribution is 2.22. The Morgan fingerprint density at radius 3 is 2.88 bits per heavy atom. The molecule has 0 aliphatic heterocycles. The summed E-state index contributed by atoms with van der Waals surface area (Å²) >= 11 is 5.18. The molecule has 1 aromatic rings. The third-order valence-corrected chi connectivity index (χ3v) is 3.82. The minimum absolute atomic E-state index is 0.243. The molecule has 1 aromatic carbocycles. The first kappa shape index (κ1) is 14.4. The van der Waals surface area contributed by atoms with E-state index in [0.29, 0.717) is 11.3 Å². The normalized spacial score (nSPS) is 12.2. The van der Waals surface area contributed by atoms with Gasteiger partial charge in [-0.2, -0.15) is 11.8 Å². The quantitative estimate of drug-likeness (QED) is 0.840. The molecule has 0 aliphatic carbocycles. The largest absolute Gasteiger partial charge is 0.478 e. The number of benzene rings is 1. The number of carboxylic acid groups (broad SMARTS) is 1. The summed E-state index contributed by atoms with van der Waals surface area (Å²) in [6, 6.07) is 5.39. The van der Waals surface area contributed by atoms with Crippen molar-refractivity contribution in [1.29, 1.82) is 0 Å². The zero-order valence-corrected chi connectivity index (χ0v) is 12.3. The summed E-state index contributed by atoms with van der Waals surface area (Å²) in [5, 5.41) is 12.3. The number of thioether (sulfide) groups is 1. The van der Waals surface area contributed by atoms with Crippen LogP contribution in [0.25, 0.3) is 0 Å². The van der Waals surface area contributed by atoms with E-state index in [-0.39, 0.29) is 6.04 Å². The van der Waals surface area contributed by atoms with E-state index in [1.807, 2.05) is 11.8 Å². The van der Waals surface area contributed by atoms with Gasteiger partial charge in [0.05, 0.1) is 11.3 Å². The minimum atomic E-state index is -0.907. The zero-order chi connectivity index (χ0) is 12.8. The number of aromatic carboxylic acids is 1. The lowest BCUT2D eigenvalue weighted by Gasteiger charge is -2.16. The van der Waals surface area contributed by atoms with Crippen LogP contribution >= 0.6 is 27.7 Å². The molecule has 0 bridgehead atoms. The molecule has 1 atom stereocenters. The number of carbonyl (C=O) groups is 1. The highest BCUT2D eigenvalue weighted by molar-refractivity contribution is 9.10. The van der Waals surface area contributed by atoms with E-state index in [1.54, 1.807) is 18.2 Å². The van der Waals surface area contributed by atoms with E-state index >= 15 is 0 Å². The van der Waals surface area contributed by atoms with Crippen LogP contribution in [0.1, 0.15) is 24.2 Å². The molecule has 5 heteroatoms. The summed E-state index contributed by atoms with van der Waals surface area (Å²) in [7, 11) is 0. The monoisotopic (exact) mass is 317 g/mol. The van der Waals surface area contributed by atoms with Gasteiger partial charge < -0.3 is 10.4 Å². The van der Waals surface area contributed by atoms with Gasteiger partial charge >= 0.3 is 5.97 Å². The lowest BCUT2D eigenvalue weighted by molar-refractivity contribution is 0.0698. The van der Waals surface area contributed by atoms with E-state index < -0.39 is 5.97 Å². The molecule has 2 N–H and O–H groups in total. The molecule has 0 aliphatic rings. The van der Waals surface area contributed by atoms with Crippen molar-refractivity contribution in [2.45, 2.75) is 19.9 Å². The van der Waals surface area contributed by atoms with Gasteiger partial charge in [0.2, 0.25) is 0 Å². The predicted octanol–water partition coefficient (Wildman–Crippen LogP) is 3.70. The van der Waals surface area contributed by atoms with Crippen LogP contribution in [0.5, 0.6) is 0 Å². The van der Waals surface area contributed by atoms with Gasteiger partial charge in [0, 0.05) is 16.3 Å². The fraction of sp³-hybridized carbons (Fsp3) is 0.417. The van der Waals surface area contributed by atoms with Crippen molar-refractivity contribution < 1.29 is 9.90 Å². The molecule has 0 saturated carbocycles. The molecule has 0 heterocycles. The summed E-state index contributed by atoms with van der Waals surface area (Å²) in [6.07, 6.45) is 0. The van der Waals surface area contributed by atoms with Crippen molar-refractivity contribution in [2.24, 2.45) is 0 Å². The average molecular weight is 318 g/mol. The Bertz CT molecular complexity index is 398. The van der Waals surface area contributed by atoms with Crippen LogP contribution in [0, 0.1) is 0 Å². The Labute approximate surface area is 114 Å². The first-order chi connectivity index (χ1) is 8.04. The van der Waals surface area contributed by atoms with Crippen molar-refractivity contribution in [3.8, 4) is 0 Å². The van der Waals surface area contributed by atoms with Gasteiger partial charge in [0.15, 0.2) is 0 Å². The second-order valence-corrected chi connectivity index (χ2v) is 5.93. The molecule has 0 fully saturated rings. The summed E-state index contributed by atoms with van der Waals surface area (Å²) in [6.45, 7) is 4.16. The lowest BCUT2D eigenvalue weighted by atomic mass is 10.1. The average Bonchev–Trinajstić information content (AvgIpc) is 2.26. The summed E-state index contributed by atoms with van der Waals surface area (Å²) in [5.41, 5.74) is 0.970. The Balaban J connectivity index is 2.81. The second kappa shape index (κ2) is 6.91. The molecule has 17 heavy (non-hydrogen) atoms. The van der Waals surface area contributed by atoms with Gasteiger partial charge in [-0.05, 0) is 30.9 Å². The molecule has 0 radical (unpaired) electrons. The van der Waals surface area contributed by atoms with Crippen molar-refractivity contribution in [3.63, 3.8) is 0 Å². The Kier molecular flexibility index (Phi) is 5.85. The van der Waals surface area contributed by atoms with Gasteiger partial charge in [-0.25, -0.2) is 4.79 Å². The van der Waals surface area contributed by atoms with Crippen LogP contribution < -0.4 is 5.32 Å². The van der Waals surface area contributed by atoms with Crippen molar-refractivity contribution in [1.82, 2.24) is 0 Å². The summed E-state index contributed by atoms with van der Waals surface area (Å²) < 4.78 is 0.875. The molecule has 94 valence electrons. The van der Waals surface area contributed by atoms with Gasteiger partial charge in [-0.1, -0.05) is 22.9 Å². The summed E-state index contributed by atoms with van der Waals surface area (Å²) in [5.74, 6) is 1.12. The maximum absolute atomic E-state index is 11.1. The van der Waals surface area contributed by atoms with E-state index in [2.05, 4.69) is 35.1 Å². The Morgan fingerprint density at radius 2 is 2.29 bits per heavy atom. The fourth-order valence-corrected chi connectivity index (χ4v) is 2.46. The first-order valence-electron chi connectivity index (χ1n) is 5.41. The van der Waals surface area contributed by atoms with Crippen LogP contribution in [0.3, 0.4) is 0 Å². The molecule has 0 aromatic heterocycles.